The third-order valence-corrected chi connectivity index (χ3v) is 5.39. The zero-order chi connectivity index (χ0) is 27.1. The second kappa shape index (κ2) is 12.0. The topological polar surface area (TPSA) is 87.5 Å². The predicted octanol–water partition coefficient (Wildman–Crippen LogP) is 5.65. The van der Waals surface area contributed by atoms with E-state index in [4.69, 9.17) is 25.8 Å². The number of alkyl halides is 3. The van der Waals surface area contributed by atoms with Crippen LogP contribution < -0.4 is 14.8 Å². The number of carbonyl (C=O) groups excluding carboxylic acids is 1. The van der Waals surface area contributed by atoms with Gasteiger partial charge in [0.05, 0.1) is 17.9 Å². The van der Waals surface area contributed by atoms with E-state index >= 15 is 0 Å². The molecule has 0 aliphatic rings. The van der Waals surface area contributed by atoms with E-state index in [1.165, 1.54) is 23.9 Å². The molecule has 0 spiro atoms. The summed E-state index contributed by atoms with van der Waals surface area (Å²) in [6.07, 6.45) is -4.52. The molecule has 38 heavy (non-hydrogen) atoms. The van der Waals surface area contributed by atoms with Crippen molar-refractivity contribution in [3.63, 3.8) is 0 Å². The number of anilines is 1. The number of rotatable bonds is 10. The molecule has 1 heterocycles. The number of amides is 1. The molecule has 3 aromatic carbocycles. The molecule has 0 atom stereocenters. The van der Waals surface area contributed by atoms with Gasteiger partial charge in [-0.05, 0) is 60.7 Å². The Labute approximate surface area is 220 Å². The molecular formula is C26H22ClF3N4O4. The lowest BCUT2D eigenvalue weighted by atomic mass is 10.1. The summed E-state index contributed by atoms with van der Waals surface area (Å²) in [6.45, 7) is 0.226. The third-order valence-electron chi connectivity index (χ3n) is 5.13. The van der Waals surface area contributed by atoms with Crippen molar-refractivity contribution in [2.75, 3.05) is 32.2 Å². The van der Waals surface area contributed by atoms with Crippen LogP contribution in [0.5, 0.6) is 11.8 Å². The molecule has 4 aromatic rings. The SMILES string of the molecule is COCCOc1nc(-c2cccc(C(F)(F)F)c2)n(-c2ccc(NC(=O)COc3ccc(Cl)cc3)cc2)n1. The molecular weight excluding hydrogens is 525 g/mol. The maximum atomic E-state index is 13.3. The van der Waals surface area contributed by atoms with Gasteiger partial charge in [0.1, 0.15) is 12.4 Å². The number of ether oxygens (including phenoxy) is 3. The third kappa shape index (κ3) is 7.02. The van der Waals surface area contributed by atoms with Crippen LogP contribution in [-0.2, 0) is 15.7 Å². The maximum Gasteiger partial charge on any atom is 0.416 e. The summed E-state index contributed by atoms with van der Waals surface area (Å²) in [5.41, 5.74) is 0.355. The van der Waals surface area contributed by atoms with Crippen molar-refractivity contribution < 1.29 is 32.2 Å². The zero-order valence-electron chi connectivity index (χ0n) is 20.0. The summed E-state index contributed by atoms with van der Waals surface area (Å²) in [4.78, 5) is 16.6. The number of aromatic nitrogens is 3. The highest BCUT2D eigenvalue weighted by Gasteiger charge is 2.31. The number of hydrogen-bond acceptors (Lipinski definition) is 6. The van der Waals surface area contributed by atoms with Gasteiger partial charge < -0.3 is 19.5 Å². The van der Waals surface area contributed by atoms with Crippen molar-refractivity contribution in [2.45, 2.75) is 6.18 Å². The number of carbonyl (C=O) groups is 1. The zero-order valence-corrected chi connectivity index (χ0v) is 20.8. The number of benzene rings is 3. The van der Waals surface area contributed by atoms with E-state index in [9.17, 15) is 18.0 Å². The van der Waals surface area contributed by atoms with E-state index in [1.54, 1.807) is 48.5 Å². The number of methoxy groups -OCH3 is 1. The van der Waals surface area contributed by atoms with E-state index in [0.29, 0.717) is 22.1 Å². The van der Waals surface area contributed by atoms with Gasteiger partial charge in [0.2, 0.25) is 0 Å². The number of halogens is 4. The first kappa shape index (κ1) is 27.0. The Morgan fingerprint density at radius 1 is 1.00 bits per heavy atom. The normalized spacial score (nSPS) is 11.3. The Bertz CT molecular complexity index is 1380. The molecule has 0 fully saturated rings. The van der Waals surface area contributed by atoms with E-state index in [1.807, 2.05) is 0 Å². The summed E-state index contributed by atoms with van der Waals surface area (Å²) in [5.74, 6) is 0.264. The van der Waals surface area contributed by atoms with Gasteiger partial charge in [0.25, 0.3) is 5.91 Å². The van der Waals surface area contributed by atoms with Gasteiger partial charge in [0, 0.05) is 23.4 Å². The fraction of sp³-hybridized carbons (Fsp3) is 0.192. The summed E-state index contributed by atoms with van der Waals surface area (Å²) in [7, 11) is 1.51. The average molecular weight is 547 g/mol. The van der Waals surface area contributed by atoms with Gasteiger partial charge in [-0.2, -0.15) is 18.2 Å². The van der Waals surface area contributed by atoms with Gasteiger partial charge >= 0.3 is 12.2 Å². The molecule has 1 amide bonds. The van der Waals surface area contributed by atoms with Gasteiger partial charge in [-0.15, -0.1) is 5.10 Å². The van der Waals surface area contributed by atoms with Crippen LogP contribution in [0.15, 0.2) is 72.8 Å². The van der Waals surface area contributed by atoms with Gasteiger partial charge in [-0.3, -0.25) is 4.79 Å². The molecule has 198 valence electrons. The van der Waals surface area contributed by atoms with Crippen LogP contribution in [0, 0.1) is 0 Å². The summed E-state index contributed by atoms with van der Waals surface area (Å²) in [5, 5.41) is 7.58. The first-order valence-corrected chi connectivity index (χ1v) is 11.7. The Hall–Kier alpha value is -4.09. The second-order valence-electron chi connectivity index (χ2n) is 7.89. The molecule has 0 radical (unpaired) electrons. The van der Waals surface area contributed by atoms with Crippen LogP contribution in [-0.4, -0.2) is 47.6 Å². The van der Waals surface area contributed by atoms with Crippen molar-refractivity contribution in [1.29, 1.82) is 0 Å². The highest BCUT2D eigenvalue weighted by molar-refractivity contribution is 6.30. The largest absolute Gasteiger partial charge is 0.484 e. The van der Waals surface area contributed by atoms with Gasteiger partial charge in [0.15, 0.2) is 12.4 Å². The van der Waals surface area contributed by atoms with Crippen molar-refractivity contribution >= 4 is 23.2 Å². The Kier molecular flexibility index (Phi) is 8.49. The quantitative estimate of drug-likeness (QED) is 0.259. The van der Waals surface area contributed by atoms with Crippen molar-refractivity contribution in [1.82, 2.24) is 14.8 Å². The number of nitrogens with zero attached hydrogens (tertiary/aromatic N) is 3. The maximum absolute atomic E-state index is 13.3. The highest BCUT2D eigenvalue weighted by atomic mass is 35.5. The van der Waals surface area contributed by atoms with Crippen LogP contribution in [0.3, 0.4) is 0 Å². The van der Waals surface area contributed by atoms with E-state index in [2.05, 4.69) is 15.4 Å². The van der Waals surface area contributed by atoms with E-state index in [-0.39, 0.29) is 43.1 Å². The summed E-state index contributed by atoms with van der Waals surface area (Å²) < 4.78 is 57.2. The molecule has 0 aliphatic carbocycles. The van der Waals surface area contributed by atoms with Gasteiger partial charge in [-0.1, -0.05) is 23.7 Å². The average Bonchev–Trinajstić information content (AvgIpc) is 3.33. The van der Waals surface area contributed by atoms with Crippen LogP contribution in [0.4, 0.5) is 18.9 Å². The minimum atomic E-state index is -4.52. The molecule has 12 heteroatoms. The highest BCUT2D eigenvalue weighted by Crippen LogP contribution is 2.33. The van der Waals surface area contributed by atoms with Crippen molar-refractivity contribution in [3.05, 3.63) is 83.4 Å². The molecule has 0 bridgehead atoms. The first-order valence-electron chi connectivity index (χ1n) is 11.3. The van der Waals surface area contributed by atoms with E-state index in [0.717, 1.165) is 12.1 Å². The molecule has 1 aromatic heterocycles. The minimum Gasteiger partial charge on any atom is -0.484 e. The Balaban J connectivity index is 1.53. The fourth-order valence-electron chi connectivity index (χ4n) is 3.33. The molecule has 4 rings (SSSR count). The lowest BCUT2D eigenvalue weighted by molar-refractivity contribution is -0.137. The Morgan fingerprint density at radius 2 is 1.74 bits per heavy atom. The van der Waals surface area contributed by atoms with Crippen LogP contribution in [0.2, 0.25) is 5.02 Å². The molecule has 0 saturated carbocycles. The summed E-state index contributed by atoms with van der Waals surface area (Å²) in [6, 6.07) is 17.9. The van der Waals surface area contributed by atoms with Crippen LogP contribution >= 0.6 is 11.6 Å². The minimum absolute atomic E-state index is 0.0220. The predicted molar refractivity (Wildman–Crippen MR) is 135 cm³/mol. The molecule has 1 N–H and O–H groups in total. The summed E-state index contributed by atoms with van der Waals surface area (Å²) >= 11 is 5.84. The monoisotopic (exact) mass is 546 g/mol. The molecule has 0 unspecified atom stereocenters. The molecule has 0 aliphatic heterocycles. The molecule has 8 nitrogen and oxygen atoms in total. The first-order chi connectivity index (χ1) is 18.2. The number of nitrogens with one attached hydrogen (secondary N) is 1. The molecule has 0 saturated heterocycles. The fourth-order valence-corrected chi connectivity index (χ4v) is 3.46. The lowest BCUT2D eigenvalue weighted by Crippen LogP contribution is -2.20. The second-order valence-corrected chi connectivity index (χ2v) is 8.32. The van der Waals surface area contributed by atoms with Crippen LogP contribution in [0.25, 0.3) is 17.1 Å². The lowest BCUT2D eigenvalue weighted by Gasteiger charge is -2.11. The standard InChI is InChI=1S/C26H22ClF3N4O4/c1-36-13-14-37-25-32-24(17-3-2-4-18(15-17)26(28,29)30)34(33-25)21-9-7-20(8-10-21)31-23(35)16-38-22-11-5-19(27)6-12-22/h2-12,15H,13-14,16H2,1H3,(H,31,35). The Morgan fingerprint density at radius 3 is 2.42 bits per heavy atom. The van der Waals surface area contributed by atoms with Crippen LogP contribution in [0.1, 0.15) is 5.56 Å². The van der Waals surface area contributed by atoms with Gasteiger partial charge in [-0.25, -0.2) is 4.68 Å². The van der Waals surface area contributed by atoms with E-state index < -0.39 is 11.7 Å². The smallest absolute Gasteiger partial charge is 0.416 e. The van der Waals surface area contributed by atoms with Crippen molar-refractivity contribution in [2.24, 2.45) is 0 Å². The number of hydrogen-bond donors (Lipinski definition) is 1. The van der Waals surface area contributed by atoms with Crippen molar-refractivity contribution in [3.8, 4) is 28.8 Å².